The van der Waals surface area contributed by atoms with E-state index >= 15 is 0 Å². The Bertz CT molecular complexity index is 844. The van der Waals surface area contributed by atoms with E-state index in [2.05, 4.69) is 30.6 Å². The standard InChI is InChI=1S/C23H26N2O4/c1-4-13-27-21-12-9-19(15-22(21)28-14-5-2)16-24-25-23(26)17-29-20-10-7-18(6-3)8-11-20/h4-5,7-12,15-16H,1-2,6,13-14,17H2,3H3,(H,25,26). The number of ether oxygens (including phenoxy) is 3. The molecule has 152 valence electrons. The molecule has 0 aliphatic rings. The molecule has 0 heterocycles. The molecule has 2 aromatic carbocycles. The quantitative estimate of drug-likeness (QED) is 0.337. The van der Waals surface area contributed by atoms with E-state index in [9.17, 15) is 4.79 Å². The van der Waals surface area contributed by atoms with Crippen LogP contribution in [0.2, 0.25) is 0 Å². The first kappa shape index (κ1) is 21.8. The molecule has 0 unspecified atom stereocenters. The Hall–Kier alpha value is -3.54. The number of nitrogens with one attached hydrogen (secondary N) is 1. The Morgan fingerprint density at radius 2 is 1.69 bits per heavy atom. The Morgan fingerprint density at radius 3 is 2.34 bits per heavy atom. The zero-order valence-corrected chi connectivity index (χ0v) is 16.6. The fraction of sp³-hybridized carbons (Fsp3) is 0.217. The predicted octanol–water partition coefficient (Wildman–Crippen LogP) is 3.91. The zero-order valence-electron chi connectivity index (χ0n) is 16.6. The first-order valence-electron chi connectivity index (χ1n) is 9.31. The molecule has 0 aliphatic heterocycles. The molecule has 1 N–H and O–H groups in total. The smallest absolute Gasteiger partial charge is 0.277 e. The number of carbonyl (C=O) groups is 1. The predicted molar refractivity (Wildman–Crippen MR) is 115 cm³/mol. The monoisotopic (exact) mass is 394 g/mol. The van der Waals surface area contributed by atoms with Gasteiger partial charge in [0.2, 0.25) is 0 Å². The SMILES string of the molecule is C=CCOc1ccc(C=NNC(=O)COc2ccc(CC)cc2)cc1OCC=C. The number of hydrazone groups is 1. The van der Waals surface area contributed by atoms with Crippen LogP contribution < -0.4 is 19.6 Å². The molecule has 2 rings (SSSR count). The van der Waals surface area contributed by atoms with Crippen LogP contribution in [0.5, 0.6) is 17.2 Å². The highest BCUT2D eigenvalue weighted by Crippen LogP contribution is 2.28. The van der Waals surface area contributed by atoms with Gasteiger partial charge in [-0.25, -0.2) is 5.43 Å². The molecular formula is C23H26N2O4. The molecule has 0 aliphatic carbocycles. The van der Waals surface area contributed by atoms with Gasteiger partial charge in [-0.1, -0.05) is 44.4 Å². The summed E-state index contributed by atoms with van der Waals surface area (Å²) < 4.78 is 16.6. The van der Waals surface area contributed by atoms with Gasteiger partial charge in [-0.05, 0) is 47.9 Å². The molecule has 0 atom stereocenters. The maximum Gasteiger partial charge on any atom is 0.277 e. The number of aryl methyl sites for hydroxylation is 1. The topological polar surface area (TPSA) is 69.2 Å². The lowest BCUT2D eigenvalue weighted by molar-refractivity contribution is -0.123. The normalized spacial score (nSPS) is 10.4. The highest BCUT2D eigenvalue weighted by atomic mass is 16.5. The second kappa shape index (κ2) is 12.0. The van der Waals surface area contributed by atoms with Crippen molar-refractivity contribution in [3.63, 3.8) is 0 Å². The van der Waals surface area contributed by atoms with E-state index in [0.717, 1.165) is 12.0 Å². The summed E-state index contributed by atoms with van der Waals surface area (Å²) in [4.78, 5) is 11.9. The molecule has 0 aromatic heterocycles. The van der Waals surface area contributed by atoms with Crippen LogP contribution in [0.3, 0.4) is 0 Å². The summed E-state index contributed by atoms with van der Waals surface area (Å²) in [5.41, 5.74) is 4.39. The van der Waals surface area contributed by atoms with Gasteiger partial charge in [-0.15, -0.1) is 0 Å². The molecule has 2 aromatic rings. The van der Waals surface area contributed by atoms with Gasteiger partial charge >= 0.3 is 0 Å². The zero-order chi connectivity index (χ0) is 20.9. The van der Waals surface area contributed by atoms with Crippen LogP contribution in [0.4, 0.5) is 0 Å². The van der Waals surface area contributed by atoms with Gasteiger partial charge in [-0.3, -0.25) is 4.79 Å². The number of rotatable bonds is 12. The molecule has 6 heteroatoms. The Balaban J connectivity index is 1.89. The molecule has 6 nitrogen and oxygen atoms in total. The fourth-order valence-electron chi connectivity index (χ4n) is 2.32. The number of nitrogens with zero attached hydrogens (tertiary/aromatic N) is 1. The number of benzene rings is 2. The molecule has 1 amide bonds. The summed E-state index contributed by atoms with van der Waals surface area (Å²) in [6.07, 6.45) is 5.78. The van der Waals surface area contributed by atoms with E-state index in [-0.39, 0.29) is 12.5 Å². The van der Waals surface area contributed by atoms with Crippen LogP contribution in [0.15, 0.2) is 72.9 Å². The van der Waals surface area contributed by atoms with Gasteiger partial charge in [0.1, 0.15) is 19.0 Å². The minimum absolute atomic E-state index is 0.120. The van der Waals surface area contributed by atoms with Gasteiger partial charge in [0.15, 0.2) is 18.1 Å². The highest BCUT2D eigenvalue weighted by Gasteiger charge is 2.06. The highest BCUT2D eigenvalue weighted by molar-refractivity contribution is 5.83. The summed E-state index contributed by atoms with van der Waals surface area (Å²) >= 11 is 0. The van der Waals surface area contributed by atoms with Crippen LogP contribution in [0.25, 0.3) is 0 Å². The largest absolute Gasteiger partial charge is 0.486 e. The first-order chi connectivity index (χ1) is 14.2. The average molecular weight is 394 g/mol. The van der Waals surface area contributed by atoms with E-state index < -0.39 is 0 Å². The van der Waals surface area contributed by atoms with Crippen LogP contribution in [-0.2, 0) is 11.2 Å². The van der Waals surface area contributed by atoms with E-state index in [0.29, 0.717) is 30.5 Å². The van der Waals surface area contributed by atoms with Crippen molar-refractivity contribution in [1.82, 2.24) is 5.43 Å². The number of carbonyl (C=O) groups excluding carboxylic acids is 1. The molecule has 0 saturated carbocycles. The van der Waals surface area contributed by atoms with Gasteiger partial charge < -0.3 is 14.2 Å². The second-order valence-electron chi connectivity index (χ2n) is 5.98. The molecule has 0 spiro atoms. The minimum atomic E-state index is -0.352. The Morgan fingerprint density at radius 1 is 1.00 bits per heavy atom. The van der Waals surface area contributed by atoms with Gasteiger partial charge in [0.25, 0.3) is 5.91 Å². The van der Waals surface area contributed by atoms with Crippen molar-refractivity contribution in [3.05, 3.63) is 78.9 Å². The minimum Gasteiger partial charge on any atom is -0.486 e. The summed E-state index contributed by atoms with van der Waals surface area (Å²) in [7, 11) is 0. The summed E-state index contributed by atoms with van der Waals surface area (Å²) in [6, 6.07) is 13.0. The maximum atomic E-state index is 11.9. The summed E-state index contributed by atoms with van der Waals surface area (Å²) in [5.74, 6) is 1.44. The van der Waals surface area contributed by atoms with Crippen LogP contribution in [-0.4, -0.2) is 31.9 Å². The van der Waals surface area contributed by atoms with E-state index in [4.69, 9.17) is 14.2 Å². The van der Waals surface area contributed by atoms with Crippen molar-refractivity contribution in [2.75, 3.05) is 19.8 Å². The maximum absolute atomic E-state index is 11.9. The van der Waals surface area contributed by atoms with E-state index in [1.165, 1.54) is 11.8 Å². The first-order valence-corrected chi connectivity index (χ1v) is 9.31. The number of hydrogen-bond donors (Lipinski definition) is 1. The lowest BCUT2D eigenvalue weighted by Gasteiger charge is -2.11. The van der Waals surface area contributed by atoms with E-state index in [1.807, 2.05) is 24.3 Å². The third-order valence-electron chi connectivity index (χ3n) is 3.79. The fourth-order valence-corrected chi connectivity index (χ4v) is 2.32. The third-order valence-corrected chi connectivity index (χ3v) is 3.79. The number of amides is 1. The van der Waals surface area contributed by atoms with Crippen molar-refractivity contribution < 1.29 is 19.0 Å². The second-order valence-corrected chi connectivity index (χ2v) is 5.98. The molecular weight excluding hydrogens is 368 g/mol. The molecule has 29 heavy (non-hydrogen) atoms. The Kier molecular flexibility index (Phi) is 9.02. The van der Waals surface area contributed by atoms with Crippen molar-refractivity contribution in [3.8, 4) is 17.2 Å². The van der Waals surface area contributed by atoms with Crippen molar-refractivity contribution in [1.29, 1.82) is 0 Å². The van der Waals surface area contributed by atoms with Gasteiger partial charge in [-0.2, -0.15) is 5.10 Å². The molecule has 0 bridgehead atoms. The van der Waals surface area contributed by atoms with E-state index in [1.54, 1.807) is 30.4 Å². The van der Waals surface area contributed by atoms with Crippen molar-refractivity contribution in [2.45, 2.75) is 13.3 Å². The van der Waals surface area contributed by atoms with Crippen molar-refractivity contribution in [2.24, 2.45) is 5.10 Å². The molecule has 0 fully saturated rings. The lowest BCUT2D eigenvalue weighted by Crippen LogP contribution is -2.24. The van der Waals surface area contributed by atoms with Crippen LogP contribution in [0.1, 0.15) is 18.1 Å². The number of hydrogen-bond acceptors (Lipinski definition) is 5. The molecule has 0 saturated heterocycles. The third kappa shape index (κ3) is 7.54. The molecule has 0 radical (unpaired) electrons. The average Bonchev–Trinajstić information content (AvgIpc) is 2.75. The van der Waals surface area contributed by atoms with Gasteiger partial charge in [0, 0.05) is 0 Å². The lowest BCUT2D eigenvalue weighted by atomic mass is 10.2. The summed E-state index contributed by atoms with van der Waals surface area (Å²) in [6.45, 7) is 9.95. The van der Waals surface area contributed by atoms with Crippen LogP contribution >= 0.6 is 0 Å². The summed E-state index contributed by atoms with van der Waals surface area (Å²) in [5, 5.41) is 3.96. The van der Waals surface area contributed by atoms with Gasteiger partial charge in [0.05, 0.1) is 6.21 Å². The Labute approximate surface area is 171 Å². The van der Waals surface area contributed by atoms with Crippen LogP contribution in [0, 0.1) is 0 Å². The van der Waals surface area contributed by atoms with Crippen molar-refractivity contribution >= 4 is 12.1 Å².